The number of anilines is 1. The van der Waals surface area contributed by atoms with Crippen LogP contribution in [0.5, 0.6) is 11.5 Å². The van der Waals surface area contributed by atoms with Gasteiger partial charge in [-0.1, -0.05) is 11.6 Å². The van der Waals surface area contributed by atoms with Crippen LogP contribution < -0.4 is 15.4 Å². The summed E-state index contributed by atoms with van der Waals surface area (Å²) in [5.41, 5.74) is 4.29. The number of hydrogen-bond donors (Lipinski definition) is 3. The Kier molecular flexibility index (Phi) is 7.06. The molecular formula is C24H19BrClN3O4S. The van der Waals surface area contributed by atoms with E-state index in [4.69, 9.17) is 33.0 Å². The van der Waals surface area contributed by atoms with Crippen molar-refractivity contribution < 1.29 is 19.1 Å². The van der Waals surface area contributed by atoms with Crippen LogP contribution in [0.4, 0.5) is 5.69 Å². The van der Waals surface area contributed by atoms with E-state index in [1.165, 1.54) is 0 Å². The Morgan fingerprint density at radius 2 is 1.91 bits per heavy atom. The highest BCUT2D eigenvalue weighted by molar-refractivity contribution is 9.10. The largest absolute Gasteiger partial charge is 0.507 e. The number of nitrogens with zero attached hydrogens (tertiary/aromatic N) is 1. The third-order valence-electron chi connectivity index (χ3n) is 4.87. The van der Waals surface area contributed by atoms with Crippen molar-refractivity contribution in [3.63, 3.8) is 0 Å². The zero-order valence-corrected chi connectivity index (χ0v) is 21.3. The quantitative estimate of drug-likeness (QED) is 0.253. The van der Waals surface area contributed by atoms with Gasteiger partial charge in [0.15, 0.2) is 17.3 Å². The molecule has 1 aromatic heterocycles. The molecule has 0 aliphatic carbocycles. The average Bonchev–Trinajstić information content (AvgIpc) is 3.21. The molecule has 0 bridgehead atoms. The van der Waals surface area contributed by atoms with Gasteiger partial charge in [0.25, 0.3) is 5.91 Å². The number of phenols is 1. The molecule has 3 aromatic carbocycles. The van der Waals surface area contributed by atoms with E-state index in [1.807, 2.05) is 13.8 Å². The summed E-state index contributed by atoms with van der Waals surface area (Å²) in [5.74, 6) is 0.700. The number of aromatic hydroxyl groups is 1. The molecule has 34 heavy (non-hydrogen) atoms. The number of rotatable bonds is 5. The number of ether oxygens (including phenoxy) is 1. The number of nitrogens with one attached hydrogen (secondary N) is 2. The molecule has 4 rings (SSSR count). The Hall–Kier alpha value is -3.14. The van der Waals surface area contributed by atoms with Crippen LogP contribution in [0, 0.1) is 13.8 Å². The molecule has 1 amide bonds. The fraction of sp³-hybridized carbons (Fsp3) is 0.125. The number of halogens is 2. The monoisotopic (exact) mass is 559 g/mol. The molecule has 0 atom stereocenters. The lowest BCUT2D eigenvalue weighted by Crippen LogP contribution is -2.37. The van der Waals surface area contributed by atoms with E-state index in [0.29, 0.717) is 43.5 Å². The van der Waals surface area contributed by atoms with Crippen molar-refractivity contribution in [3.8, 4) is 23.0 Å². The second-order valence-corrected chi connectivity index (χ2v) is 9.17. The molecule has 1 heterocycles. The third kappa shape index (κ3) is 5.49. The van der Waals surface area contributed by atoms with E-state index in [2.05, 4.69) is 31.5 Å². The van der Waals surface area contributed by atoms with Gasteiger partial charge in [-0.05, 0) is 102 Å². The summed E-state index contributed by atoms with van der Waals surface area (Å²) in [6.45, 7) is 3.55. The van der Waals surface area contributed by atoms with E-state index in [1.54, 1.807) is 48.5 Å². The highest BCUT2D eigenvalue weighted by Gasteiger charge is 2.12. The van der Waals surface area contributed by atoms with Crippen LogP contribution in [-0.2, 0) is 4.79 Å². The minimum atomic E-state index is -0.398. The minimum Gasteiger partial charge on any atom is -0.507 e. The first-order chi connectivity index (χ1) is 16.2. The molecule has 0 fully saturated rings. The molecule has 10 heteroatoms. The predicted octanol–water partition coefficient (Wildman–Crippen LogP) is 6.13. The normalized spacial score (nSPS) is 10.8. The number of oxazole rings is 1. The zero-order valence-electron chi connectivity index (χ0n) is 18.1. The fourth-order valence-electron chi connectivity index (χ4n) is 3.23. The van der Waals surface area contributed by atoms with Crippen molar-refractivity contribution in [3.05, 3.63) is 69.2 Å². The van der Waals surface area contributed by atoms with Crippen LogP contribution in [0.1, 0.15) is 11.1 Å². The van der Waals surface area contributed by atoms with Crippen LogP contribution in [-0.4, -0.2) is 27.7 Å². The minimum absolute atomic E-state index is 0.127. The number of aryl methyl sites for hydroxylation is 2. The number of hydrogen-bond acceptors (Lipinski definition) is 6. The fourth-order valence-corrected chi connectivity index (χ4v) is 3.95. The Labute approximate surface area is 214 Å². The summed E-state index contributed by atoms with van der Waals surface area (Å²) >= 11 is 14.7. The standard InChI is InChI=1S/C24H19BrClN3O4S/c1-12-7-16(8-13(2)22(12)26)32-11-21(31)29-24(34)27-15-4-6-20-18(10-15)28-23(33-20)14-3-5-19(30)17(25)9-14/h3-10,30H,11H2,1-2H3,(H2,27,29,31,34). The van der Waals surface area contributed by atoms with Crippen LogP contribution in [0.15, 0.2) is 57.4 Å². The predicted molar refractivity (Wildman–Crippen MR) is 140 cm³/mol. The van der Waals surface area contributed by atoms with Crippen molar-refractivity contribution in [1.82, 2.24) is 10.3 Å². The van der Waals surface area contributed by atoms with Crippen LogP contribution >= 0.6 is 39.7 Å². The molecule has 7 nitrogen and oxygen atoms in total. The maximum Gasteiger partial charge on any atom is 0.264 e. The van der Waals surface area contributed by atoms with Gasteiger partial charge in [-0.3, -0.25) is 10.1 Å². The van der Waals surface area contributed by atoms with E-state index in [9.17, 15) is 9.90 Å². The number of benzene rings is 3. The third-order valence-corrected chi connectivity index (χ3v) is 6.31. The highest BCUT2D eigenvalue weighted by Crippen LogP contribution is 2.31. The summed E-state index contributed by atoms with van der Waals surface area (Å²) in [4.78, 5) is 16.7. The average molecular weight is 561 g/mol. The second-order valence-electron chi connectivity index (χ2n) is 7.53. The van der Waals surface area contributed by atoms with E-state index in [0.717, 1.165) is 11.1 Å². The molecular weight excluding hydrogens is 542 g/mol. The summed E-state index contributed by atoms with van der Waals surface area (Å²) in [6, 6.07) is 13.8. The van der Waals surface area contributed by atoms with Crippen LogP contribution in [0.25, 0.3) is 22.6 Å². The summed E-state index contributed by atoms with van der Waals surface area (Å²) < 4.78 is 11.9. The molecule has 0 aliphatic rings. The first kappa shape index (κ1) is 24.0. The first-order valence-electron chi connectivity index (χ1n) is 10.1. The lowest BCUT2D eigenvalue weighted by atomic mass is 10.1. The maximum atomic E-state index is 12.2. The van der Waals surface area contributed by atoms with E-state index in [-0.39, 0.29) is 17.5 Å². The number of carbonyl (C=O) groups excluding carboxylic acids is 1. The van der Waals surface area contributed by atoms with Crippen molar-refractivity contribution >= 4 is 67.6 Å². The lowest BCUT2D eigenvalue weighted by molar-refractivity contribution is -0.121. The Morgan fingerprint density at radius 3 is 2.62 bits per heavy atom. The van der Waals surface area contributed by atoms with Gasteiger partial charge < -0.3 is 19.6 Å². The number of aromatic nitrogens is 1. The number of carbonyl (C=O) groups is 1. The van der Waals surface area contributed by atoms with Gasteiger partial charge in [0.2, 0.25) is 5.89 Å². The molecule has 4 aromatic rings. The molecule has 0 spiro atoms. The van der Waals surface area contributed by atoms with E-state index >= 15 is 0 Å². The van der Waals surface area contributed by atoms with Gasteiger partial charge in [0.1, 0.15) is 17.0 Å². The van der Waals surface area contributed by atoms with Crippen molar-refractivity contribution in [1.29, 1.82) is 0 Å². The summed E-state index contributed by atoms with van der Waals surface area (Å²) in [7, 11) is 0. The Morgan fingerprint density at radius 1 is 1.18 bits per heavy atom. The molecule has 0 unspecified atom stereocenters. The van der Waals surface area contributed by atoms with Crippen molar-refractivity contribution in [2.24, 2.45) is 0 Å². The first-order valence-corrected chi connectivity index (χ1v) is 11.7. The molecule has 0 saturated heterocycles. The van der Waals surface area contributed by atoms with E-state index < -0.39 is 5.91 Å². The molecule has 0 radical (unpaired) electrons. The van der Waals surface area contributed by atoms with Crippen molar-refractivity contribution in [2.75, 3.05) is 11.9 Å². The molecule has 174 valence electrons. The maximum absolute atomic E-state index is 12.2. The van der Waals surface area contributed by atoms with Crippen LogP contribution in [0.2, 0.25) is 5.02 Å². The zero-order chi connectivity index (χ0) is 24.4. The Balaban J connectivity index is 1.37. The SMILES string of the molecule is Cc1cc(OCC(=O)NC(=S)Nc2ccc3oc(-c4ccc(O)c(Br)c4)nc3c2)cc(C)c1Cl. The molecule has 0 aliphatic heterocycles. The van der Waals surface area contributed by atoms with Gasteiger partial charge in [-0.15, -0.1) is 0 Å². The summed E-state index contributed by atoms with van der Waals surface area (Å²) in [6.07, 6.45) is 0. The van der Waals surface area contributed by atoms with Gasteiger partial charge in [-0.25, -0.2) is 4.98 Å². The highest BCUT2D eigenvalue weighted by atomic mass is 79.9. The second kappa shape index (κ2) is 10.0. The van der Waals surface area contributed by atoms with Gasteiger partial charge in [0, 0.05) is 16.3 Å². The van der Waals surface area contributed by atoms with Crippen LogP contribution in [0.3, 0.4) is 0 Å². The topological polar surface area (TPSA) is 96.6 Å². The lowest BCUT2D eigenvalue weighted by Gasteiger charge is -2.12. The van der Waals surface area contributed by atoms with Gasteiger partial charge >= 0.3 is 0 Å². The smallest absolute Gasteiger partial charge is 0.264 e. The van der Waals surface area contributed by atoms with Gasteiger partial charge in [0.05, 0.1) is 4.47 Å². The van der Waals surface area contributed by atoms with Crippen molar-refractivity contribution in [2.45, 2.75) is 13.8 Å². The number of phenolic OH excluding ortho intramolecular Hbond substituents is 1. The van der Waals surface area contributed by atoms with Gasteiger partial charge in [-0.2, -0.15) is 0 Å². The molecule has 3 N–H and O–H groups in total. The Bertz CT molecular complexity index is 1400. The summed E-state index contributed by atoms with van der Waals surface area (Å²) in [5, 5.41) is 16.0. The number of thiocarbonyl (C=S) groups is 1. The number of amides is 1. The number of fused-ring (bicyclic) bond motifs is 1. The molecule has 0 saturated carbocycles.